The van der Waals surface area contributed by atoms with E-state index in [1.165, 1.54) is 6.42 Å². The van der Waals surface area contributed by atoms with Crippen molar-refractivity contribution < 1.29 is 5.11 Å². The van der Waals surface area contributed by atoms with Crippen LogP contribution in [-0.2, 0) is 0 Å². The third kappa shape index (κ3) is 4.12. The van der Waals surface area contributed by atoms with Gasteiger partial charge in [0.2, 0.25) is 0 Å². The highest BCUT2D eigenvalue weighted by Gasteiger charge is 2.24. The molecule has 1 aliphatic heterocycles. The molecule has 0 amide bonds. The highest BCUT2D eigenvalue weighted by molar-refractivity contribution is 4.77. The smallest absolute Gasteiger partial charge is 0.0692 e. The molecular weight excluding hydrogens is 186 g/mol. The van der Waals surface area contributed by atoms with Crippen LogP contribution >= 0.6 is 0 Å². The van der Waals surface area contributed by atoms with Gasteiger partial charge in [-0.2, -0.15) is 0 Å². The fourth-order valence-electron chi connectivity index (χ4n) is 2.66. The van der Waals surface area contributed by atoms with Crippen LogP contribution in [0.2, 0.25) is 0 Å². The summed E-state index contributed by atoms with van der Waals surface area (Å²) in [7, 11) is 0. The van der Waals surface area contributed by atoms with E-state index in [-0.39, 0.29) is 6.10 Å². The Morgan fingerprint density at radius 3 is 2.27 bits per heavy atom. The fourth-order valence-corrected chi connectivity index (χ4v) is 2.66. The molecule has 0 bridgehead atoms. The van der Waals surface area contributed by atoms with Gasteiger partial charge in [0.25, 0.3) is 0 Å². The van der Waals surface area contributed by atoms with E-state index < -0.39 is 0 Å². The molecule has 4 unspecified atom stereocenters. The summed E-state index contributed by atoms with van der Waals surface area (Å²) in [5, 5.41) is 10.0. The van der Waals surface area contributed by atoms with E-state index in [1.54, 1.807) is 0 Å². The second-order valence-corrected chi connectivity index (χ2v) is 5.62. The van der Waals surface area contributed by atoms with Crippen molar-refractivity contribution in [2.45, 2.75) is 46.6 Å². The summed E-state index contributed by atoms with van der Waals surface area (Å²) >= 11 is 0. The molecule has 90 valence electrons. The van der Waals surface area contributed by atoms with Crippen LogP contribution in [-0.4, -0.2) is 35.7 Å². The van der Waals surface area contributed by atoms with Crippen LogP contribution in [0.5, 0.6) is 0 Å². The Balaban J connectivity index is 2.37. The van der Waals surface area contributed by atoms with Crippen molar-refractivity contribution in [2.75, 3.05) is 19.6 Å². The lowest BCUT2D eigenvalue weighted by molar-refractivity contribution is 0.0410. The SMILES string of the molecule is CCC(C)C(O)CN1CC(C)CC(C)C1. The van der Waals surface area contributed by atoms with Gasteiger partial charge in [-0.25, -0.2) is 0 Å². The average molecular weight is 213 g/mol. The average Bonchev–Trinajstić information content (AvgIpc) is 2.14. The first-order valence-electron chi connectivity index (χ1n) is 6.43. The third-order valence-corrected chi connectivity index (χ3v) is 3.69. The molecule has 0 spiro atoms. The van der Waals surface area contributed by atoms with Crippen LogP contribution < -0.4 is 0 Å². The Labute approximate surface area is 94.7 Å². The van der Waals surface area contributed by atoms with E-state index in [4.69, 9.17) is 0 Å². The molecule has 1 heterocycles. The lowest BCUT2D eigenvalue weighted by Crippen LogP contribution is -2.44. The van der Waals surface area contributed by atoms with E-state index in [0.717, 1.165) is 37.9 Å². The lowest BCUT2D eigenvalue weighted by atomic mass is 9.91. The van der Waals surface area contributed by atoms with Gasteiger partial charge in [-0.3, -0.25) is 0 Å². The van der Waals surface area contributed by atoms with Gasteiger partial charge in [-0.15, -0.1) is 0 Å². The maximum atomic E-state index is 10.0. The number of aliphatic hydroxyl groups excluding tert-OH is 1. The minimum atomic E-state index is -0.146. The maximum absolute atomic E-state index is 10.0. The van der Waals surface area contributed by atoms with Crippen LogP contribution in [0.25, 0.3) is 0 Å². The summed E-state index contributed by atoms with van der Waals surface area (Å²) in [5.41, 5.74) is 0. The van der Waals surface area contributed by atoms with E-state index in [9.17, 15) is 5.11 Å². The Morgan fingerprint density at radius 2 is 1.80 bits per heavy atom. The van der Waals surface area contributed by atoms with Crippen molar-refractivity contribution >= 4 is 0 Å². The van der Waals surface area contributed by atoms with Crippen LogP contribution in [0.3, 0.4) is 0 Å². The van der Waals surface area contributed by atoms with Crippen molar-refractivity contribution in [3.63, 3.8) is 0 Å². The Kier molecular flexibility index (Phi) is 5.07. The van der Waals surface area contributed by atoms with Crippen LogP contribution in [0.1, 0.15) is 40.5 Å². The lowest BCUT2D eigenvalue weighted by Gasteiger charge is -2.36. The van der Waals surface area contributed by atoms with Crippen molar-refractivity contribution in [3.8, 4) is 0 Å². The van der Waals surface area contributed by atoms with Crippen molar-refractivity contribution in [2.24, 2.45) is 17.8 Å². The number of nitrogens with zero attached hydrogens (tertiary/aromatic N) is 1. The molecule has 15 heavy (non-hydrogen) atoms. The molecule has 1 N–H and O–H groups in total. The molecule has 2 heteroatoms. The van der Waals surface area contributed by atoms with Gasteiger partial charge in [0, 0.05) is 19.6 Å². The minimum Gasteiger partial charge on any atom is -0.392 e. The Hall–Kier alpha value is -0.0800. The number of hydrogen-bond acceptors (Lipinski definition) is 2. The molecule has 1 saturated heterocycles. The zero-order chi connectivity index (χ0) is 11.4. The molecule has 0 aliphatic carbocycles. The van der Waals surface area contributed by atoms with Crippen LogP contribution in [0.4, 0.5) is 0 Å². The molecule has 0 saturated carbocycles. The van der Waals surface area contributed by atoms with Crippen molar-refractivity contribution in [1.82, 2.24) is 4.90 Å². The Morgan fingerprint density at radius 1 is 1.27 bits per heavy atom. The number of β-amino-alcohol motifs (C(OH)–C–C–N with tert-alkyl or cyclic N) is 1. The molecule has 0 aromatic carbocycles. The van der Waals surface area contributed by atoms with Gasteiger partial charge in [0.15, 0.2) is 0 Å². The van der Waals surface area contributed by atoms with Crippen molar-refractivity contribution in [3.05, 3.63) is 0 Å². The van der Waals surface area contributed by atoms with Gasteiger partial charge in [0.1, 0.15) is 0 Å². The first-order valence-corrected chi connectivity index (χ1v) is 6.43. The van der Waals surface area contributed by atoms with Gasteiger partial charge in [-0.1, -0.05) is 34.1 Å². The number of rotatable bonds is 4. The first kappa shape index (κ1) is 13.0. The molecule has 2 nitrogen and oxygen atoms in total. The summed E-state index contributed by atoms with van der Waals surface area (Å²) < 4.78 is 0. The first-order chi connectivity index (χ1) is 7.02. The predicted octanol–water partition coefficient (Wildman–Crippen LogP) is 2.37. The molecule has 0 aromatic heterocycles. The summed E-state index contributed by atoms with van der Waals surface area (Å²) in [5.74, 6) is 2.01. The molecule has 0 aromatic rings. The second-order valence-electron chi connectivity index (χ2n) is 5.62. The van der Waals surface area contributed by atoms with Gasteiger partial charge in [-0.05, 0) is 24.2 Å². The molecule has 1 fully saturated rings. The van der Waals surface area contributed by atoms with Gasteiger partial charge >= 0.3 is 0 Å². The van der Waals surface area contributed by atoms with Gasteiger partial charge < -0.3 is 10.0 Å². The normalized spacial score (nSPS) is 32.6. The fraction of sp³-hybridized carbons (Fsp3) is 1.00. The van der Waals surface area contributed by atoms with Crippen LogP contribution in [0.15, 0.2) is 0 Å². The summed E-state index contributed by atoms with van der Waals surface area (Å²) in [6.45, 7) is 12.1. The topological polar surface area (TPSA) is 23.5 Å². The monoisotopic (exact) mass is 213 g/mol. The van der Waals surface area contributed by atoms with E-state index in [2.05, 4.69) is 32.6 Å². The minimum absolute atomic E-state index is 0.146. The second kappa shape index (κ2) is 5.86. The molecule has 1 rings (SSSR count). The zero-order valence-electron chi connectivity index (χ0n) is 10.7. The number of hydrogen-bond donors (Lipinski definition) is 1. The largest absolute Gasteiger partial charge is 0.392 e. The number of likely N-dealkylation sites (tertiary alicyclic amines) is 1. The highest BCUT2D eigenvalue weighted by Crippen LogP contribution is 2.21. The summed E-state index contributed by atoms with van der Waals surface area (Å²) in [6.07, 6.45) is 2.27. The maximum Gasteiger partial charge on any atom is 0.0692 e. The number of piperidine rings is 1. The Bertz CT molecular complexity index is 173. The molecule has 0 radical (unpaired) electrons. The molecular formula is C13H27NO. The zero-order valence-corrected chi connectivity index (χ0v) is 10.7. The quantitative estimate of drug-likeness (QED) is 0.775. The van der Waals surface area contributed by atoms with E-state index >= 15 is 0 Å². The standard InChI is InChI=1S/C13H27NO/c1-5-12(4)13(15)9-14-7-10(2)6-11(3)8-14/h10-13,15H,5-9H2,1-4H3. The van der Waals surface area contributed by atoms with E-state index in [0.29, 0.717) is 5.92 Å². The van der Waals surface area contributed by atoms with Crippen LogP contribution in [0, 0.1) is 17.8 Å². The highest BCUT2D eigenvalue weighted by atomic mass is 16.3. The summed E-state index contributed by atoms with van der Waals surface area (Å²) in [4.78, 5) is 2.44. The van der Waals surface area contributed by atoms with E-state index in [1.807, 2.05) is 0 Å². The predicted molar refractivity (Wildman–Crippen MR) is 64.8 cm³/mol. The third-order valence-electron chi connectivity index (χ3n) is 3.69. The summed E-state index contributed by atoms with van der Waals surface area (Å²) in [6, 6.07) is 0. The molecule has 1 aliphatic rings. The molecule has 4 atom stereocenters. The number of aliphatic hydroxyl groups is 1. The van der Waals surface area contributed by atoms with Gasteiger partial charge in [0.05, 0.1) is 6.10 Å². The van der Waals surface area contributed by atoms with Crippen molar-refractivity contribution in [1.29, 1.82) is 0 Å².